The maximum absolute atomic E-state index is 12.8. The normalized spacial score (nSPS) is 18.4. The Morgan fingerprint density at radius 1 is 1.22 bits per heavy atom. The molecule has 1 amide bonds. The Bertz CT molecular complexity index is 929. The SMILES string of the molecule is O=C(NCc1cccc(S(=O)(=O)N2CCCCC2)c1)c1cnc(C2CC2)s1. The predicted molar refractivity (Wildman–Crippen MR) is 104 cm³/mol. The monoisotopic (exact) mass is 405 g/mol. The van der Waals surface area contributed by atoms with E-state index >= 15 is 0 Å². The highest BCUT2D eigenvalue weighted by Crippen LogP contribution is 2.41. The summed E-state index contributed by atoms with van der Waals surface area (Å²) in [5, 5.41) is 3.91. The van der Waals surface area contributed by atoms with Crippen LogP contribution in [0, 0.1) is 0 Å². The maximum atomic E-state index is 12.8. The molecule has 27 heavy (non-hydrogen) atoms. The highest BCUT2D eigenvalue weighted by Gasteiger charge is 2.28. The lowest BCUT2D eigenvalue weighted by molar-refractivity contribution is 0.0954. The van der Waals surface area contributed by atoms with Crippen molar-refractivity contribution in [3.63, 3.8) is 0 Å². The van der Waals surface area contributed by atoms with Crippen LogP contribution in [0.2, 0.25) is 0 Å². The third kappa shape index (κ3) is 4.23. The first-order chi connectivity index (χ1) is 13.0. The van der Waals surface area contributed by atoms with E-state index in [0.717, 1.165) is 42.7 Å². The molecule has 0 atom stereocenters. The Hall–Kier alpha value is -1.77. The van der Waals surface area contributed by atoms with Gasteiger partial charge in [-0.15, -0.1) is 11.3 Å². The van der Waals surface area contributed by atoms with Crippen LogP contribution in [0.25, 0.3) is 0 Å². The van der Waals surface area contributed by atoms with Crippen molar-refractivity contribution in [3.8, 4) is 0 Å². The largest absolute Gasteiger partial charge is 0.347 e. The summed E-state index contributed by atoms with van der Waals surface area (Å²) in [6.07, 6.45) is 6.85. The van der Waals surface area contributed by atoms with E-state index in [-0.39, 0.29) is 5.91 Å². The Balaban J connectivity index is 1.42. The van der Waals surface area contributed by atoms with Crippen molar-refractivity contribution in [1.82, 2.24) is 14.6 Å². The molecule has 4 rings (SSSR count). The van der Waals surface area contributed by atoms with Crippen LogP contribution in [0.15, 0.2) is 35.4 Å². The summed E-state index contributed by atoms with van der Waals surface area (Å²) in [5.74, 6) is 0.372. The second-order valence-electron chi connectivity index (χ2n) is 7.13. The Labute approximate surface area is 163 Å². The number of carbonyl (C=O) groups is 1. The number of piperidine rings is 1. The van der Waals surface area contributed by atoms with Gasteiger partial charge >= 0.3 is 0 Å². The molecular formula is C19H23N3O3S2. The summed E-state index contributed by atoms with van der Waals surface area (Å²) in [7, 11) is -3.46. The van der Waals surface area contributed by atoms with Gasteiger partial charge in [0.1, 0.15) is 4.88 Å². The van der Waals surface area contributed by atoms with E-state index in [9.17, 15) is 13.2 Å². The van der Waals surface area contributed by atoms with Crippen molar-refractivity contribution >= 4 is 27.3 Å². The second-order valence-corrected chi connectivity index (χ2v) is 10.1. The van der Waals surface area contributed by atoms with Crippen LogP contribution >= 0.6 is 11.3 Å². The van der Waals surface area contributed by atoms with Crippen LogP contribution in [0.5, 0.6) is 0 Å². The molecule has 2 aliphatic rings. The molecule has 144 valence electrons. The zero-order chi connectivity index (χ0) is 18.9. The summed E-state index contributed by atoms with van der Waals surface area (Å²) in [5.41, 5.74) is 0.772. The van der Waals surface area contributed by atoms with Gasteiger partial charge in [-0.3, -0.25) is 4.79 Å². The molecular weight excluding hydrogens is 382 g/mol. The van der Waals surface area contributed by atoms with Crippen molar-refractivity contribution in [3.05, 3.63) is 45.9 Å². The topological polar surface area (TPSA) is 79.4 Å². The molecule has 2 aromatic rings. The van der Waals surface area contributed by atoms with Gasteiger partial charge in [-0.25, -0.2) is 13.4 Å². The molecule has 1 N–H and O–H groups in total. The Morgan fingerprint density at radius 3 is 2.74 bits per heavy atom. The third-order valence-corrected chi connectivity index (χ3v) is 8.03. The number of sulfonamides is 1. The van der Waals surface area contributed by atoms with Crippen molar-refractivity contribution < 1.29 is 13.2 Å². The molecule has 0 radical (unpaired) electrons. The zero-order valence-corrected chi connectivity index (χ0v) is 16.7. The van der Waals surface area contributed by atoms with Gasteiger partial charge in [-0.05, 0) is 43.4 Å². The van der Waals surface area contributed by atoms with Gasteiger partial charge in [0.25, 0.3) is 5.91 Å². The van der Waals surface area contributed by atoms with Crippen LogP contribution < -0.4 is 5.32 Å². The number of carbonyl (C=O) groups excluding carboxylic acids is 1. The van der Waals surface area contributed by atoms with E-state index in [4.69, 9.17) is 0 Å². The average Bonchev–Trinajstić information content (AvgIpc) is 3.43. The molecule has 8 heteroatoms. The number of nitrogens with zero attached hydrogens (tertiary/aromatic N) is 2. The minimum Gasteiger partial charge on any atom is -0.347 e. The fourth-order valence-electron chi connectivity index (χ4n) is 3.25. The van der Waals surface area contributed by atoms with Gasteiger partial charge in [0, 0.05) is 25.6 Å². The van der Waals surface area contributed by atoms with E-state index in [1.165, 1.54) is 11.3 Å². The lowest BCUT2D eigenvalue weighted by atomic mass is 10.2. The number of benzene rings is 1. The number of hydrogen-bond donors (Lipinski definition) is 1. The molecule has 1 aromatic heterocycles. The van der Waals surface area contributed by atoms with Gasteiger partial charge in [-0.1, -0.05) is 18.6 Å². The zero-order valence-electron chi connectivity index (χ0n) is 15.1. The molecule has 2 heterocycles. The van der Waals surface area contributed by atoms with Crippen LogP contribution in [-0.4, -0.2) is 36.7 Å². The van der Waals surface area contributed by atoms with Crippen molar-refractivity contribution in [2.24, 2.45) is 0 Å². The minimum atomic E-state index is -3.46. The number of thiazole rings is 1. The first-order valence-electron chi connectivity index (χ1n) is 9.37. The molecule has 1 aliphatic carbocycles. The molecule has 1 aromatic carbocycles. The summed E-state index contributed by atoms with van der Waals surface area (Å²) in [6, 6.07) is 6.85. The van der Waals surface area contributed by atoms with Gasteiger partial charge in [-0.2, -0.15) is 4.31 Å². The van der Waals surface area contributed by atoms with Gasteiger partial charge in [0.05, 0.1) is 16.1 Å². The minimum absolute atomic E-state index is 0.163. The maximum Gasteiger partial charge on any atom is 0.263 e. The molecule has 1 saturated carbocycles. The van der Waals surface area contributed by atoms with Crippen LogP contribution in [-0.2, 0) is 16.6 Å². The second kappa shape index (κ2) is 7.69. The highest BCUT2D eigenvalue weighted by atomic mass is 32.2. The van der Waals surface area contributed by atoms with Gasteiger partial charge in [0.2, 0.25) is 10.0 Å². The highest BCUT2D eigenvalue weighted by molar-refractivity contribution is 7.89. The molecule has 0 unspecified atom stereocenters. The molecule has 6 nitrogen and oxygen atoms in total. The fraction of sp³-hybridized carbons (Fsp3) is 0.474. The van der Waals surface area contributed by atoms with Crippen LogP contribution in [0.1, 0.15) is 58.3 Å². The van der Waals surface area contributed by atoms with Crippen LogP contribution in [0.3, 0.4) is 0 Å². The molecule has 1 saturated heterocycles. The van der Waals surface area contributed by atoms with Crippen LogP contribution in [0.4, 0.5) is 0 Å². The predicted octanol–water partition coefficient (Wildman–Crippen LogP) is 3.13. The summed E-state index contributed by atoms with van der Waals surface area (Å²) >= 11 is 1.45. The van der Waals surface area contributed by atoms with E-state index in [1.807, 2.05) is 6.07 Å². The van der Waals surface area contributed by atoms with Gasteiger partial charge in [0.15, 0.2) is 0 Å². The first kappa shape index (κ1) is 18.6. The lowest BCUT2D eigenvalue weighted by Gasteiger charge is -2.26. The lowest BCUT2D eigenvalue weighted by Crippen LogP contribution is -2.35. The fourth-order valence-corrected chi connectivity index (χ4v) is 5.84. The average molecular weight is 406 g/mol. The number of aromatic nitrogens is 1. The third-order valence-electron chi connectivity index (χ3n) is 4.98. The van der Waals surface area contributed by atoms with Gasteiger partial charge < -0.3 is 5.32 Å². The van der Waals surface area contributed by atoms with Crippen molar-refractivity contribution in [1.29, 1.82) is 0 Å². The van der Waals surface area contributed by atoms with E-state index in [1.54, 1.807) is 28.7 Å². The molecule has 2 fully saturated rings. The Morgan fingerprint density at radius 2 is 2.00 bits per heavy atom. The number of hydrogen-bond acceptors (Lipinski definition) is 5. The van der Waals surface area contributed by atoms with E-state index in [2.05, 4.69) is 10.3 Å². The molecule has 0 spiro atoms. The first-order valence-corrected chi connectivity index (χ1v) is 11.6. The van der Waals surface area contributed by atoms with Crippen molar-refractivity contribution in [2.75, 3.05) is 13.1 Å². The quantitative estimate of drug-likeness (QED) is 0.801. The number of nitrogens with one attached hydrogen (secondary N) is 1. The summed E-state index contributed by atoms with van der Waals surface area (Å²) in [4.78, 5) is 17.6. The molecule has 0 bridgehead atoms. The van der Waals surface area contributed by atoms with E-state index in [0.29, 0.717) is 35.3 Å². The number of rotatable bonds is 6. The smallest absolute Gasteiger partial charge is 0.263 e. The number of amides is 1. The Kier molecular flexibility index (Phi) is 5.29. The van der Waals surface area contributed by atoms with E-state index < -0.39 is 10.0 Å². The molecule has 1 aliphatic heterocycles. The summed E-state index contributed by atoms with van der Waals surface area (Å²) in [6.45, 7) is 1.45. The summed E-state index contributed by atoms with van der Waals surface area (Å²) < 4.78 is 27.2. The standard InChI is InChI=1S/C19H23N3O3S2/c23-18(17-13-21-19(26-17)15-7-8-15)20-12-14-5-4-6-16(11-14)27(24,25)22-9-2-1-3-10-22/h4-6,11,13,15H,1-3,7-10,12H2,(H,20,23). The van der Waals surface area contributed by atoms with Crippen molar-refractivity contribution in [2.45, 2.75) is 49.5 Å².